The third-order valence-electron chi connectivity index (χ3n) is 3.52. The molecule has 0 spiro atoms. The molecule has 1 fully saturated rings. The fraction of sp³-hybridized carbons (Fsp3) is 0.533. The highest BCUT2D eigenvalue weighted by atomic mass is 16.2. The minimum absolute atomic E-state index is 0.0392. The van der Waals surface area contributed by atoms with Gasteiger partial charge in [-0.25, -0.2) is 5.01 Å². The summed E-state index contributed by atoms with van der Waals surface area (Å²) in [6.07, 6.45) is 0.976. The second kappa shape index (κ2) is 5.61. The Morgan fingerprint density at radius 1 is 1.32 bits per heavy atom. The van der Waals surface area contributed by atoms with Gasteiger partial charge in [0.15, 0.2) is 0 Å². The number of rotatable bonds is 3. The summed E-state index contributed by atoms with van der Waals surface area (Å²) in [5.41, 5.74) is 1.05. The smallest absolute Gasteiger partial charge is 0.235 e. The highest BCUT2D eigenvalue weighted by molar-refractivity contribution is 5.74. The van der Waals surface area contributed by atoms with Gasteiger partial charge in [-0.2, -0.15) is 0 Å². The van der Waals surface area contributed by atoms with Crippen molar-refractivity contribution in [2.45, 2.75) is 52.4 Å². The summed E-state index contributed by atoms with van der Waals surface area (Å²) >= 11 is 0. The van der Waals surface area contributed by atoms with Crippen LogP contribution in [0.3, 0.4) is 0 Å². The zero-order valence-corrected chi connectivity index (χ0v) is 12.1. The Balaban J connectivity index is 2.18. The van der Waals surface area contributed by atoms with E-state index in [4.69, 9.17) is 0 Å². The number of benzene rings is 1. The van der Waals surface area contributed by atoms with E-state index in [2.05, 4.69) is 31.1 Å². The monoisotopic (exact) mass is 261 g/mol. The number of carbonyl (C=O) groups is 1. The molecule has 1 amide bonds. The van der Waals surface area contributed by atoms with Crippen molar-refractivity contribution < 1.29 is 4.79 Å². The summed E-state index contributed by atoms with van der Waals surface area (Å²) in [6, 6.07) is 10.7. The second-order valence-corrected chi connectivity index (χ2v) is 5.45. The predicted octanol–water partition coefficient (Wildman–Crippen LogP) is 2.69. The van der Waals surface area contributed by atoms with Crippen molar-refractivity contribution in [1.29, 1.82) is 0 Å². The quantitative estimate of drug-likeness (QED) is 0.908. The van der Waals surface area contributed by atoms with Crippen LogP contribution in [0.15, 0.2) is 30.3 Å². The average Bonchev–Trinajstić information content (AvgIpc) is 2.67. The van der Waals surface area contributed by atoms with Gasteiger partial charge in [0.2, 0.25) is 5.91 Å². The number of hydrogen-bond acceptors (Lipinski definition) is 3. The number of nitrogens with zero attached hydrogens (tertiary/aromatic N) is 2. The van der Waals surface area contributed by atoms with E-state index in [0.29, 0.717) is 12.1 Å². The first kappa shape index (κ1) is 13.9. The number of carbonyl (C=O) groups excluding carboxylic acids is 1. The van der Waals surface area contributed by atoms with Crippen molar-refractivity contribution in [3.8, 4) is 0 Å². The number of nitrogens with one attached hydrogen (secondary N) is 1. The number of amides is 1. The van der Waals surface area contributed by atoms with Gasteiger partial charge in [-0.15, -0.1) is 0 Å². The third-order valence-corrected chi connectivity index (χ3v) is 3.52. The van der Waals surface area contributed by atoms with E-state index in [1.54, 1.807) is 6.92 Å². The van der Waals surface area contributed by atoms with E-state index in [1.165, 1.54) is 0 Å². The van der Waals surface area contributed by atoms with Crippen LogP contribution >= 0.6 is 0 Å². The Hall–Kier alpha value is -1.55. The maximum atomic E-state index is 12.0. The first-order valence-electron chi connectivity index (χ1n) is 6.90. The average molecular weight is 261 g/mol. The molecule has 1 aliphatic rings. The van der Waals surface area contributed by atoms with Gasteiger partial charge in [-0.3, -0.25) is 9.80 Å². The summed E-state index contributed by atoms with van der Waals surface area (Å²) in [5.74, 6) is 0.0893. The van der Waals surface area contributed by atoms with E-state index < -0.39 is 0 Å². The molecule has 1 N–H and O–H groups in total. The molecular weight excluding hydrogens is 238 g/mol. The van der Waals surface area contributed by atoms with E-state index in [-0.39, 0.29) is 12.1 Å². The lowest BCUT2D eigenvalue weighted by molar-refractivity contribution is -0.149. The van der Waals surface area contributed by atoms with E-state index in [9.17, 15) is 4.79 Å². The summed E-state index contributed by atoms with van der Waals surface area (Å²) in [4.78, 5) is 12.0. The Bertz CT molecular complexity index is 432. The van der Waals surface area contributed by atoms with Crippen LogP contribution in [0, 0.1) is 0 Å². The standard InChI is InChI=1S/C15H23N3O/c1-11(2)17-12(3)10-15(18(17)13(4)19)16-14-8-6-5-7-9-14/h5-9,11-12,15-16H,10H2,1-4H3. The SMILES string of the molecule is CC(=O)N1C(Nc2ccccc2)CC(C)N1C(C)C. The highest BCUT2D eigenvalue weighted by Crippen LogP contribution is 2.28. The lowest BCUT2D eigenvalue weighted by atomic mass is 10.2. The summed E-state index contributed by atoms with van der Waals surface area (Å²) in [5, 5.41) is 7.48. The zero-order chi connectivity index (χ0) is 14.0. The molecule has 1 aromatic rings. The second-order valence-electron chi connectivity index (χ2n) is 5.45. The summed E-state index contributed by atoms with van der Waals surface area (Å²) < 4.78 is 0. The minimum Gasteiger partial charge on any atom is -0.364 e. The van der Waals surface area contributed by atoms with Crippen molar-refractivity contribution in [2.24, 2.45) is 0 Å². The van der Waals surface area contributed by atoms with Crippen LogP contribution in [0.2, 0.25) is 0 Å². The molecule has 1 saturated heterocycles. The molecule has 2 rings (SSSR count). The molecule has 0 aliphatic carbocycles. The molecular formula is C15H23N3O. The van der Waals surface area contributed by atoms with Gasteiger partial charge in [0, 0.05) is 31.1 Å². The Labute approximate surface area is 115 Å². The Kier molecular flexibility index (Phi) is 4.10. The molecule has 4 heteroatoms. The normalized spacial score (nSPS) is 23.9. The van der Waals surface area contributed by atoms with Crippen molar-refractivity contribution in [2.75, 3.05) is 5.32 Å². The fourth-order valence-electron chi connectivity index (χ4n) is 2.89. The maximum Gasteiger partial charge on any atom is 0.235 e. The van der Waals surface area contributed by atoms with Crippen LogP contribution in [-0.4, -0.2) is 34.2 Å². The molecule has 1 heterocycles. The van der Waals surface area contributed by atoms with Crippen molar-refractivity contribution in [1.82, 2.24) is 10.0 Å². The molecule has 104 valence electrons. The molecule has 0 bridgehead atoms. The van der Waals surface area contributed by atoms with E-state index in [0.717, 1.165) is 12.1 Å². The fourth-order valence-corrected chi connectivity index (χ4v) is 2.89. The molecule has 0 saturated carbocycles. The number of hydrogen-bond donors (Lipinski definition) is 1. The number of hydrazine groups is 1. The van der Waals surface area contributed by atoms with Gasteiger partial charge in [0.1, 0.15) is 6.17 Å². The minimum atomic E-state index is 0.0392. The zero-order valence-electron chi connectivity index (χ0n) is 12.1. The molecule has 4 nitrogen and oxygen atoms in total. The van der Waals surface area contributed by atoms with Crippen LogP contribution in [-0.2, 0) is 4.79 Å². The first-order chi connectivity index (χ1) is 9.00. The Morgan fingerprint density at radius 2 is 1.95 bits per heavy atom. The topological polar surface area (TPSA) is 35.6 Å². The van der Waals surface area contributed by atoms with Crippen LogP contribution in [0.4, 0.5) is 5.69 Å². The highest BCUT2D eigenvalue weighted by Gasteiger charge is 2.39. The van der Waals surface area contributed by atoms with Crippen molar-refractivity contribution >= 4 is 11.6 Å². The van der Waals surface area contributed by atoms with E-state index in [1.807, 2.05) is 35.3 Å². The molecule has 1 aliphatic heterocycles. The van der Waals surface area contributed by atoms with Gasteiger partial charge in [-0.1, -0.05) is 18.2 Å². The first-order valence-corrected chi connectivity index (χ1v) is 6.90. The van der Waals surface area contributed by atoms with Crippen LogP contribution < -0.4 is 5.32 Å². The Morgan fingerprint density at radius 3 is 2.47 bits per heavy atom. The molecule has 0 radical (unpaired) electrons. The van der Waals surface area contributed by atoms with Crippen LogP contribution in [0.5, 0.6) is 0 Å². The lowest BCUT2D eigenvalue weighted by Crippen LogP contribution is -2.51. The van der Waals surface area contributed by atoms with Crippen LogP contribution in [0.25, 0.3) is 0 Å². The third kappa shape index (κ3) is 2.89. The summed E-state index contributed by atoms with van der Waals surface area (Å²) in [6.45, 7) is 8.05. The van der Waals surface area contributed by atoms with Crippen molar-refractivity contribution in [3.63, 3.8) is 0 Å². The van der Waals surface area contributed by atoms with Gasteiger partial charge >= 0.3 is 0 Å². The van der Waals surface area contributed by atoms with Gasteiger partial charge in [-0.05, 0) is 32.9 Å². The van der Waals surface area contributed by atoms with Crippen LogP contribution in [0.1, 0.15) is 34.1 Å². The number of anilines is 1. The predicted molar refractivity (Wildman–Crippen MR) is 77.4 cm³/mol. The molecule has 1 aromatic carbocycles. The van der Waals surface area contributed by atoms with Gasteiger partial charge < -0.3 is 5.32 Å². The molecule has 0 aromatic heterocycles. The van der Waals surface area contributed by atoms with Crippen molar-refractivity contribution in [3.05, 3.63) is 30.3 Å². The number of para-hydroxylation sites is 1. The maximum absolute atomic E-state index is 12.0. The van der Waals surface area contributed by atoms with E-state index >= 15 is 0 Å². The molecule has 2 atom stereocenters. The summed E-state index contributed by atoms with van der Waals surface area (Å²) in [7, 11) is 0. The lowest BCUT2D eigenvalue weighted by Gasteiger charge is -2.36. The molecule has 2 unspecified atom stereocenters. The van der Waals surface area contributed by atoms with Gasteiger partial charge in [0.05, 0.1) is 0 Å². The largest absolute Gasteiger partial charge is 0.364 e. The molecule has 19 heavy (non-hydrogen) atoms. The van der Waals surface area contributed by atoms with Gasteiger partial charge in [0.25, 0.3) is 0 Å².